The minimum absolute atomic E-state index is 0.332. The lowest BCUT2D eigenvalue weighted by molar-refractivity contribution is 0.0508. The molecule has 0 unspecified atom stereocenters. The van der Waals surface area contributed by atoms with Crippen molar-refractivity contribution in [3.63, 3.8) is 0 Å². The number of nitrogen functional groups attached to an aromatic ring is 1. The highest BCUT2D eigenvalue weighted by molar-refractivity contribution is 7.15. The van der Waals surface area contributed by atoms with Crippen molar-refractivity contribution in [1.29, 1.82) is 0 Å². The highest BCUT2D eigenvalue weighted by Crippen LogP contribution is 2.36. The molecule has 1 aromatic heterocycles. The van der Waals surface area contributed by atoms with Crippen molar-refractivity contribution in [2.45, 2.75) is 27.2 Å². The molecule has 0 saturated carbocycles. The number of carbonyl (C=O) groups is 1. The number of hydrogen-bond donors (Lipinski definition) is 1. The van der Waals surface area contributed by atoms with E-state index in [1.807, 2.05) is 26.2 Å². The van der Waals surface area contributed by atoms with Crippen molar-refractivity contribution >= 4 is 22.3 Å². The molecule has 2 aromatic rings. The second-order valence-corrected chi connectivity index (χ2v) is 5.75. The second kappa shape index (κ2) is 6.09. The number of thiophene rings is 1. The quantitative estimate of drug-likeness (QED) is 0.859. The van der Waals surface area contributed by atoms with Gasteiger partial charge in [-0.05, 0) is 31.4 Å². The molecule has 20 heavy (non-hydrogen) atoms. The third-order valence-corrected chi connectivity index (χ3v) is 3.96. The molecular formula is C16H19NO2S. The van der Waals surface area contributed by atoms with Gasteiger partial charge in [0, 0.05) is 10.9 Å². The molecular weight excluding hydrogens is 270 g/mol. The topological polar surface area (TPSA) is 52.3 Å². The van der Waals surface area contributed by atoms with Gasteiger partial charge in [-0.15, -0.1) is 11.3 Å². The SMILES string of the molecule is CCCOC(=O)c1c(-c2cc(C)ccc2C)csc1N. The predicted octanol–water partition coefficient (Wildman–Crippen LogP) is 4.18. The fourth-order valence-electron chi connectivity index (χ4n) is 2.07. The number of ether oxygens (including phenoxy) is 1. The largest absolute Gasteiger partial charge is 0.462 e. The molecule has 0 amide bonds. The smallest absolute Gasteiger partial charge is 0.341 e. The summed E-state index contributed by atoms with van der Waals surface area (Å²) in [4.78, 5) is 12.2. The van der Waals surface area contributed by atoms with Crippen LogP contribution in [-0.2, 0) is 4.74 Å². The lowest BCUT2D eigenvalue weighted by Crippen LogP contribution is -2.08. The summed E-state index contributed by atoms with van der Waals surface area (Å²) in [6.45, 7) is 6.45. The summed E-state index contributed by atoms with van der Waals surface area (Å²) in [5.41, 5.74) is 10.6. The molecule has 1 aromatic carbocycles. The van der Waals surface area contributed by atoms with Gasteiger partial charge in [-0.3, -0.25) is 0 Å². The highest BCUT2D eigenvalue weighted by Gasteiger charge is 2.20. The van der Waals surface area contributed by atoms with Crippen LogP contribution in [0.4, 0.5) is 5.00 Å². The third-order valence-electron chi connectivity index (χ3n) is 3.14. The van der Waals surface area contributed by atoms with Gasteiger partial charge in [0.05, 0.1) is 6.61 Å². The monoisotopic (exact) mass is 289 g/mol. The van der Waals surface area contributed by atoms with Gasteiger partial charge < -0.3 is 10.5 Å². The van der Waals surface area contributed by atoms with Crippen LogP contribution in [-0.4, -0.2) is 12.6 Å². The molecule has 2 N–H and O–H groups in total. The normalized spacial score (nSPS) is 10.6. The van der Waals surface area contributed by atoms with Crippen LogP contribution in [0.2, 0.25) is 0 Å². The maximum atomic E-state index is 12.2. The number of benzene rings is 1. The van der Waals surface area contributed by atoms with Crippen molar-refractivity contribution in [2.75, 3.05) is 12.3 Å². The Kier molecular flexibility index (Phi) is 4.45. The van der Waals surface area contributed by atoms with Crippen LogP contribution in [0.1, 0.15) is 34.8 Å². The summed E-state index contributed by atoms with van der Waals surface area (Å²) in [7, 11) is 0. The molecule has 0 atom stereocenters. The van der Waals surface area contributed by atoms with Crippen LogP contribution >= 0.6 is 11.3 Å². The molecule has 0 aliphatic carbocycles. The van der Waals surface area contributed by atoms with E-state index in [1.165, 1.54) is 11.3 Å². The summed E-state index contributed by atoms with van der Waals surface area (Å²) >= 11 is 1.38. The van der Waals surface area contributed by atoms with Gasteiger partial charge in [0.2, 0.25) is 0 Å². The van der Waals surface area contributed by atoms with E-state index in [1.54, 1.807) is 0 Å². The fourth-order valence-corrected chi connectivity index (χ4v) is 2.88. The maximum Gasteiger partial charge on any atom is 0.341 e. The zero-order valence-corrected chi connectivity index (χ0v) is 12.8. The molecule has 106 valence electrons. The number of anilines is 1. The van der Waals surface area contributed by atoms with E-state index in [9.17, 15) is 4.79 Å². The Balaban J connectivity index is 2.48. The van der Waals surface area contributed by atoms with Gasteiger partial charge in [-0.25, -0.2) is 4.79 Å². The van der Waals surface area contributed by atoms with Crippen LogP contribution < -0.4 is 5.73 Å². The summed E-state index contributed by atoms with van der Waals surface area (Å²) in [5, 5.41) is 2.45. The minimum atomic E-state index is -0.332. The summed E-state index contributed by atoms with van der Waals surface area (Å²) < 4.78 is 5.24. The maximum absolute atomic E-state index is 12.2. The standard InChI is InChI=1S/C16H19NO2S/c1-4-7-19-16(18)14-13(9-20-15(14)17)12-8-10(2)5-6-11(12)3/h5-6,8-9H,4,7,17H2,1-3H3. The van der Waals surface area contributed by atoms with Gasteiger partial charge in [0.25, 0.3) is 0 Å². The lowest BCUT2D eigenvalue weighted by Gasteiger charge is -2.09. The Morgan fingerprint density at radius 2 is 2.05 bits per heavy atom. The number of nitrogens with two attached hydrogens (primary N) is 1. The van der Waals surface area contributed by atoms with Crippen LogP contribution in [0.15, 0.2) is 23.6 Å². The van der Waals surface area contributed by atoms with Crippen LogP contribution in [0, 0.1) is 13.8 Å². The predicted molar refractivity (Wildman–Crippen MR) is 84.2 cm³/mol. The van der Waals surface area contributed by atoms with Crippen molar-refractivity contribution in [3.05, 3.63) is 40.3 Å². The van der Waals surface area contributed by atoms with Crippen molar-refractivity contribution in [2.24, 2.45) is 0 Å². The average molecular weight is 289 g/mol. The number of rotatable bonds is 4. The van der Waals surface area contributed by atoms with Crippen LogP contribution in [0.5, 0.6) is 0 Å². The number of carbonyl (C=O) groups excluding carboxylic acids is 1. The Morgan fingerprint density at radius 3 is 2.75 bits per heavy atom. The van der Waals surface area contributed by atoms with Gasteiger partial charge in [0.1, 0.15) is 10.6 Å². The van der Waals surface area contributed by atoms with Crippen molar-refractivity contribution in [1.82, 2.24) is 0 Å². The summed E-state index contributed by atoms with van der Waals surface area (Å²) in [6, 6.07) is 6.19. The van der Waals surface area contributed by atoms with E-state index >= 15 is 0 Å². The Bertz CT molecular complexity index is 631. The van der Waals surface area contributed by atoms with E-state index < -0.39 is 0 Å². The number of aryl methyl sites for hydroxylation is 2. The van der Waals surface area contributed by atoms with E-state index in [0.717, 1.165) is 28.7 Å². The highest BCUT2D eigenvalue weighted by atomic mass is 32.1. The first-order chi connectivity index (χ1) is 9.54. The first kappa shape index (κ1) is 14.6. The van der Waals surface area contributed by atoms with Crippen molar-refractivity contribution in [3.8, 4) is 11.1 Å². The summed E-state index contributed by atoms with van der Waals surface area (Å²) in [5.74, 6) is -0.332. The Morgan fingerprint density at radius 1 is 1.30 bits per heavy atom. The molecule has 0 saturated heterocycles. The van der Waals surface area contributed by atoms with E-state index in [4.69, 9.17) is 10.5 Å². The second-order valence-electron chi connectivity index (χ2n) is 4.84. The fraction of sp³-hybridized carbons (Fsp3) is 0.312. The molecule has 0 aliphatic rings. The minimum Gasteiger partial charge on any atom is -0.462 e. The van der Waals surface area contributed by atoms with Crippen LogP contribution in [0.3, 0.4) is 0 Å². The summed E-state index contributed by atoms with van der Waals surface area (Å²) in [6.07, 6.45) is 0.800. The Hall–Kier alpha value is -1.81. The van der Waals surface area contributed by atoms with Crippen LogP contribution in [0.25, 0.3) is 11.1 Å². The van der Waals surface area contributed by atoms with Gasteiger partial charge >= 0.3 is 5.97 Å². The molecule has 0 aliphatic heterocycles. The molecule has 0 bridgehead atoms. The third kappa shape index (κ3) is 2.85. The zero-order chi connectivity index (χ0) is 14.7. The van der Waals surface area contributed by atoms with Gasteiger partial charge in [-0.2, -0.15) is 0 Å². The van der Waals surface area contributed by atoms with E-state index in [2.05, 4.69) is 18.2 Å². The lowest BCUT2D eigenvalue weighted by atomic mass is 9.97. The molecule has 0 spiro atoms. The molecule has 4 heteroatoms. The van der Waals surface area contributed by atoms with E-state index in [0.29, 0.717) is 17.2 Å². The molecule has 3 nitrogen and oxygen atoms in total. The molecule has 0 fully saturated rings. The number of hydrogen-bond acceptors (Lipinski definition) is 4. The molecule has 2 rings (SSSR count). The molecule has 0 radical (unpaired) electrons. The molecule has 1 heterocycles. The van der Waals surface area contributed by atoms with E-state index in [-0.39, 0.29) is 5.97 Å². The first-order valence-electron chi connectivity index (χ1n) is 6.66. The van der Waals surface area contributed by atoms with Gasteiger partial charge in [0.15, 0.2) is 0 Å². The first-order valence-corrected chi connectivity index (χ1v) is 7.54. The van der Waals surface area contributed by atoms with Crippen molar-refractivity contribution < 1.29 is 9.53 Å². The van der Waals surface area contributed by atoms with Gasteiger partial charge in [-0.1, -0.05) is 30.7 Å². The Labute approximate surface area is 123 Å². The average Bonchev–Trinajstić information content (AvgIpc) is 2.80. The zero-order valence-electron chi connectivity index (χ0n) is 12.0. The number of esters is 1.